The average Bonchev–Trinajstić information content (AvgIpc) is 3.10. The molecule has 2 N–H and O–H groups in total. The zero-order chi connectivity index (χ0) is 20.4. The number of fused-ring (bicyclic) bond motifs is 3. The molecule has 0 aliphatic carbocycles. The molecule has 1 aromatic carbocycles. The fraction of sp³-hybridized carbons (Fsp3) is 0.333. The van der Waals surface area contributed by atoms with Crippen molar-refractivity contribution in [3.05, 3.63) is 45.9 Å². The monoisotopic (exact) mass is 383 g/mol. The molecule has 0 radical (unpaired) electrons. The molecule has 0 bridgehead atoms. The number of aliphatic hydroxyl groups excluding tert-OH is 1. The molecule has 2 heterocycles. The van der Waals surface area contributed by atoms with E-state index in [4.69, 9.17) is 4.74 Å². The van der Waals surface area contributed by atoms with Gasteiger partial charge in [0.2, 0.25) is 0 Å². The zero-order valence-electron chi connectivity index (χ0n) is 16.6. The van der Waals surface area contributed by atoms with E-state index in [1.165, 1.54) is 17.9 Å². The van der Waals surface area contributed by atoms with Gasteiger partial charge in [0.05, 0.1) is 29.8 Å². The Bertz CT molecular complexity index is 1120. The van der Waals surface area contributed by atoms with Crippen molar-refractivity contribution in [2.75, 3.05) is 26.1 Å². The molecule has 28 heavy (non-hydrogen) atoms. The quantitative estimate of drug-likeness (QED) is 0.501. The third-order valence-corrected chi connectivity index (χ3v) is 4.87. The number of aliphatic hydroxyl groups is 1. The van der Waals surface area contributed by atoms with Gasteiger partial charge in [0.1, 0.15) is 11.4 Å². The smallest absolute Gasteiger partial charge is 0.342 e. The molecule has 7 heteroatoms. The fourth-order valence-electron chi connectivity index (χ4n) is 3.51. The number of rotatable bonds is 6. The first-order chi connectivity index (χ1) is 13.4. The molecule has 0 aliphatic rings. The number of aromatic nitrogens is 2. The molecule has 7 nitrogen and oxygen atoms in total. The molecule has 0 fully saturated rings. The minimum Gasteiger partial charge on any atom is -0.514 e. The Hall–Kier alpha value is -3.22. The van der Waals surface area contributed by atoms with Crippen molar-refractivity contribution < 1.29 is 14.6 Å². The van der Waals surface area contributed by atoms with Gasteiger partial charge in [0.15, 0.2) is 0 Å². The van der Waals surface area contributed by atoms with E-state index in [9.17, 15) is 14.7 Å². The Morgan fingerprint density at radius 1 is 1.36 bits per heavy atom. The Balaban J connectivity index is 2.50. The van der Waals surface area contributed by atoms with Crippen LogP contribution in [0.5, 0.6) is 0 Å². The van der Waals surface area contributed by atoms with Gasteiger partial charge in [-0.1, -0.05) is 19.4 Å². The Kier molecular flexibility index (Phi) is 5.44. The summed E-state index contributed by atoms with van der Waals surface area (Å²) < 4.78 is 6.28. The number of nitrogens with one attached hydrogen (secondary N) is 1. The molecule has 0 atom stereocenters. The summed E-state index contributed by atoms with van der Waals surface area (Å²) in [5.41, 5.74) is 2.16. The number of aromatic amines is 1. The molecular weight excluding hydrogens is 358 g/mol. The van der Waals surface area contributed by atoms with Crippen LogP contribution in [-0.2, 0) is 11.2 Å². The number of H-pyrrole nitrogens is 1. The largest absolute Gasteiger partial charge is 0.514 e. The van der Waals surface area contributed by atoms with Crippen molar-refractivity contribution in [1.29, 1.82) is 0 Å². The fourth-order valence-corrected chi connectivity index (χ4v) is 3.51. The Labute approximate surface area is 162 Å². The van der Waals surface area contributed by atoms with Crippen LogP contribution in [0.25, 0.3) is 28.0 Å². The van der Waals surface area contributed by atoms with Crippen LogP contribution in [0, 0.1) is 0 Å². The molecule has 0 aliphatic heterocycles. The van der Waals surface area contributed by atoms with E-state index in [1.54, 1.807) is 19.0 Å². The lowest BCUT2D eigenvalue weighted by molar-refractivity contribution is 0.0603. The number of aryl methyl sites for hydroxylation is 1. The Morgan fingerprint density at radius 2 is 2.11 bits per heavy atom. The van der Waals surface area contributed by atoms with Crippen molar-refractivity contribution in [2.24, 2.45) is 0 Å². The second-order valence-corrected chi connectivity index (χ2v) is 6.91. The standard InChI is InChI=1S/C21H25N3O4/c1-5-6-7-13-8-9-15-14(12-13)18-16(20(26)24(15)10-11-25)17(21(27)28-4)19(22-18)23(2)3/h8-12,22,25H,5-7H2,1-4H3. The number of esters is 1. The summed E-state index contributed by atoms with van der Waals surface area (Å²) in [6.07, 6.45) is 5.17. The predicted molar refractivity (Wildman–Crippen MR) is 112 cm³/mol. The van der Waals surface area contributed by atoms with Gasteiger partial charge in [-0.3, -0.25) is 9.36 Å². The maximum absolute atomic E-state index is 13.2. The number of pyridine rings is 1. The SMILES string of the molecule is CCCCc1ccc2c(c1)c1[nH]c(N(C)C)c(C(=O)OC)c1c(=O)n2C=CO. The van der Waals surface area contributed by atoms with Crippen LogP contribution < -0.4 is 10.5 Å². The lowest BCUT2D eigenvalue weighted by Crippen LogP contribution is -2.19. The van der Waals surface area contributed by atoms with Crippen molar-refractivity contribution in [3.63, 3.8) is 0 Å². The molecule has 0 amide bonds. The van der Waals surface area contributed by atoms with Gasteiger partial charge in [-0.25, -0.2) is 4.79 Å². The van der Waals surface area contributed by atoms with Crippen molar-refractivity contribution >= 4 is 39.8 Å². The lowest BCUT2D eigenvalue weighted by Gasteiger charge is -2.11. The summed E-state index contributed by atoms with van der Waals surface area (Å²) in [4.78, 5) is 30.7. The van der Waals surface area contributed by atoms with Gasteiger partial charge >= 0.3 is 5.97 Å². The summed E-state index contributed by atoms with van der Waals surface area (Å²) in [6, 6.07) is 5.89. The number of benzene rings is 1. The van der Waals surface area contributed by atoms with Gasteiger partial charge in [-0.2, -0.15) is 0 Å². The summed E-state index contributed by atoms with van der Waals surface area (Å²) in [5, 5.41) is 10.4. The van der Waals surface area contributed by atoms with Crippen LogP contribution >= 0.6 is 0 Å². The van der Waals surface area contributed by atoms with Crippen LogP contribution in [0.4, 0.5) is 5.82 Å². The second kappa shape index (κ2) is 7.80. The highest BCUT2D eigenvalue weighted by atomic mass is 16.5. The molecule has 3 rings (SSSR count). The van der Waals surface area contributed by atoms with Gasteiger partial charge in [0, 0.05) is 25.7 Å². The van der Waals surface area contributed by atoms with Gasteiger partial charge < -0.3 is 19.7 Å². The maximum Gasteiger partial charge on any atom is 0.342 e. The van der Waals surface area contributed by atoms with Crippen LogP contribution in [0.3, 0.4) is 0 Å². The minimum absolute atomic E-state index is 0.188. The van der Waals surface area contributed by atoms with Crippen LogP contribution in [-0.4, -0.2) is 41.8 Å². The highest BCUT2D eigenvalue weighted by Crippen LogP contribution is 2.32. The molecule has 148 valence electrons. The van der Waals surface area contributed by atoms with E-state index in [0.29, 0.717) is 16.9 Å². The van der Waals surface area contributed by atoms with E-state index >= 15 is 0 Å². The number of anilines is 1. The number of nitrogens with zero attached hydrogens (tertiary/aromatic N) is 2. The number of carbonyl (C=O) groups is 1. The molecular formula is C21H25N3O4. The number of unbranched alkanes of at least 4 members (excludes halogenated alkanes) is 1. The van der Waals surface area contributed by atoms with E-state index in [-0.39, 0.29) is 10.9 Å². The number of ether oxygens (including phenoxy) is 1. The first-order valence-corrected chi connectivity index (χ1v) is 9.23. The van der Waals surface area contributed by atoms with Crippen molar-refractivity contribution in [3.8, 4) is 0 Å². The first kappa shape index (κ1) is 19.5. The third-order valence-electron chi connectivity index (χ3n) is 4.87. The number of methoxy groups -OCH3 is 1. The summed E-state index contributed by atoms with van der Waals surface area (Å²) in [7, 11) is 4.87. The van der Waals surface area contributed by atoms with E-state index in [1.807, 2.05) is 18.2 Å². The topological polar surface area (TPSA) is 87.6 Å². The average molecular weight is 383 g/mol. The molecule has 2 aromatic heterocycles. The first-order valence-electron chi connectivity index (χ1n) is 9.23. The molecule has 0 spiro atoms. The highest BCUT2D eigenvalue weighted by molar-refractivity contribution is 6.16. The second-order valence-electron chi connectivity index (χ2n) is 6.91. The number of hydrogen-bond donors (Lipinski definition) is 2. The van der Waals surface area contributed by atoms with E-state index in [2.05, 4.69) is 11.9 Å². The summed E-state index contributed by atoms with van der Waals surface area (Å²) >= 11 is 0. The van der Waals surface area contributed by atoms with Gasteiger partial charge in [0.25, 0.3) is 5.56 Å². The summed E-state index contributed by atoms with van der Waals surface area (Å²) in [6.45, 7) is 2.14. The molecule has 0 saturated carbocycles. The normalized spacial score (nSPS) is 11.6. The van der Waals surface area contributed by atoms with Gasteiger partial charge in [-0.15, -0.1) is 0 Å². The van der Waals surface area contributed by atoms with E-state index < -0.39 is 11.5 Å². The highest BCUT2D eigenvalue weighted by Gasteiger charge is 2.25. The van der Waals surface area contributed by atoms with Crippen LogP contribution in [0.2, 0.25) is 0 Å². The maximum atomic E-state index is 13.2. The van der Waals surface area contributed by atoms with Crippen molar-refractivity contribution in [2.45, 2.75) is 26.2 Å². The Morgan fingerprint density at radius 3 is 2.71 bits per heavy atom. The third kappa shape index (κ3) is 3.13. The molecule has 0 saturated heterocycles. The molecule has 0 unspecified atom stereocenters. The van der Waals surface area contributed by atoms with Crippen LogP contribution in [0.1, 0.15) is 35.7 Å². The minimum atomic E-state index is -0.590. The molecule has 3 aromatic rings. The lowest BCUT2D eigenvalue weighted by atomic mass is 10.0. The van der Waals surface area contributed by atoms with E-state index in [0.717, 1.165) is 36.5 Å². The van der Waals surface area contributed by atoms with Gasteiger partial charge in [-0.05, 0) is 30.5 Å². The number of hydrogen-bond acceptors (Lipinski definition) is 5. The van der Waals surface area contributed by atoms with Crippen molar-refractivity contribution in [1.82, 2.24) is 9.55 Å². The van der Waals surface area contributed by atoms with Crippen LogP contribution in [0.15, 0.2) is 29.3 Å². The number of carbonyl (C=O) groups excluding carboxylic acids is 1. The predicted octanol–water partition coefficient (Wildman–Crippen LogP) is 3.66. The zero-order valence-corrected chi connectivity index (χ0v) is 16.6. The summed E-state index contributed by atoms with van der Waals surface area (Å²) in [5.74, 6) is -0.0852.